The smallest absolute Gasteiger partial charge is 0.339 e. The molecule has 3 rings (SSSR count). The van der Waals surface area contributed by atoms with Crippen molar-refractivity contribution in [1.82, 2.24) is 15.6 Å². The van der Waals surface area contributed by atoms with Crippen LogP contribution in [0.25, 0.3) is 6.08 Å². The fourth-order valence-corrected chi connectivity index (χ4v) is 3.41. The number of nitrogens with one attached hydrogen (secondary N) is 2. The molecule has 0 spiro atoms. The van der Waals surface area contributed by atoms with Crippen molar-refractivity contribution in [2.75, 3.05) is 6.61 Å². The Morgan fingerprint density at radius 2 is 1.84 bits per heavy atom. The van der Waals surface area contributed by atoms with E-state index in [0.717, 1.165) is 31.2 Å². The van der Waals surface area contributed by atoms with Crippen molar-refractivity contribution in [2.45, 2.75) is 44.2 Å². The molecule has 1 aliphatic rings. The molecule has 0 radical (unpaired) electrons. The summed E-state index contributed by atoms with van der Waals surface area (Å²) in [7, 11) is 0. The van der Waals surface area contributed by atoms with Gasteiger partial charge < -0.3 is 15.4 Å². The zero-order valence-corrected chi connectivity index (χ0v) is 17.3. The van der Waals surface area contributed by atoms with Crippen molar-refractivity contribution in [2.24, 2.45) is 0 Å². The largest absolute Gasteiger partial charge is 0.459 e. The lowest BCUT2D eigenvalue weighted by Gasteiger charge is -2.25. The standard InChI is InChI=1S/C24H27N3O4/c28-22(14-13-18-8-3-1-4-9-18)27-21(23(29)26-20-11-5-2-6-12-20)17-31-24(30)19-10-7-15-25-16-19/h1,3-4,7-10,13-16,20-21H,2,5-6,11-12,17H2,(H,26,29)(H,27,28)/b14-13+/t21-/m0/s1. The summed E-state index contributed by atoms with van der Waals surface area (Å²) in [5.41, 5.74) is 1.15. The Bertz CT molecular complexity index is 894. The minimum atomic E-state index is -0.990. The minimum absolute atomic E-state index is 0.0783. The number of amides is 2. The third kappa shape index (κ3) is 7.37. The highest BCUT2D eigenvalue weighted by Crippen LogP contribution is 2.17. The molecule has 162 valence electrons. The Morgan fingerprint density at radius 1 is 1.06 bits per heavy atom. The summed E-state index contributed by atoms with van der Waals surface area (Å²) in [6.07, 6.45) is 11.1. The van der Waals surface area contributed by atoms with Crippen molar-refractivity contribution in [1.29, 1.82) is 0 Å². The molecule has 31 heavy (non-hydrogen) atoms. The first-order chi connectivity index (χ1) is 15.1. The predicted molar refractivity (Wildman–Crippen MR) is 117 cm³/mol. The lowest BCUT2D eigenvalue weighted by atomic mass is 9.95. The van der Waals surface area contributed by atoms with Crippen LogP contribution in [0.1, 0.15) is 48.0 Å². The van der Waals surface area contributed by atoms with Gasteiger partial charge in [0.1, 0.15) is 12.6 Å². The van der Waals surface area contributed by atoms with Crippen LogP contribution < -0.4 is 10.6 Å². The summed E-state index contributed by atoms with van der Waals surface area (Å²) in [4.78, 5) is 41.4. The number of rotatable bonds is 8. The fourth-order valence-electron chi connectivity index (χ4n) is 3.41. The molecule has 0 saturated heterocycles. The van der Waals surface area contributed by atoms with E-state index in [2.05, 4.69) is 15.6 Å². The number of carbonyl (C=O) groups excluding carboxylic acids is 3. The molecule has 0 aliphatic heterocycles. The molecule has 1 aliphatic carbocycles. The van der Waals surface area contributed by atoms with Crippen LogP contribution in [0.2, 0.25) is 0 Å². The Morgan fingerprint density at radius 3 is 2.55 bits per heavy atom. The minimum Gasteiger partial charge on any atom is -0.459 e. The molecular weight excluding hydrogens is 394 g/mol. The highest BCUT2D eigenvalue weighted by Gasteiger charge is 2.25. The summed E-state index contributed by atoms with van der Waals surface area (Å²) < 4.78 is 5.29. The van der Waals surface area contributed by atoms with Crippen molar-refractivity contribution >= 4 is 23.9 Å². The second-order valence-corrected chi connectivity index (χ2v) is 7.49. The molecule has 1 heterocycles. The summed E-state index contributed by atoms with van der Waals surface area (Å²) in [6, 6.07) is 11.7. The summed E-state index contributed by atoms with van der Waals surface area (Å²) >= 11 is 0. The van der Waals surface area contributed by atoms with E-state index < -0.39 is 17.9 Å². The number of pyridine rings is 1. The van der Waals surface area contributed by atoms with Crippen molar-refractivity contribution in [3.05, 3.63) is 72.1 Å². The molecule has 7 heteroatoms. The first kappa shape index (κ1) is 22.2. The lowest BCUT2D eigenvalue weighted by molar-refractivity contribution is -0.128. The van der Waals surface area contributed by atoms with Crippen LogP contribution in [0.5, 0.6) is 0 Å². The average molecular weight is 421 g/mol. The molecule has 2 aromatic rings. The van der Waals surface area contributed by atoms with Crippen LogP contribution in [0, 0.1) is 0 Å². The first-order valence-corrected chi connectivity index (χ1v) is 10.5. The Balaban J connectivity index is 1.62. The topological polar surface area (TPSA) is 97.4 Å². The fraction of sp³-hybridized carbons (Fsp3) is 0.333. The molecule has 7 nitrogen and oxygen atoms in total. The summed E-state index contributed by atoms with van der Waals surface area (Å²) in [5.74, 6) is -1.39. The van der Waals surface area contributed by atoms with Crippen LogP contribution in [-0.4, -0.2) is 41.5 Å². The molecule has 1 aromatic carbocycles. The van der Waals surface area contributed by atoms with Gasteiger partial charge in [0.05, 0.1) is 5.56 Å². The van der Waals surface area contributed by atoms with E-state index in [-0.39, 0.29) is 24.1 Å². The summed E-state index contributed by atoms with van der Waals surface area (Å²) in [6.45, 7) is -0.267. The number of hydrogen-bond donors (Lipinski definition) is 2. The van der Waals surface area contributed by atoms with Crippen LogP contribution in [0.4, 0.5) is 0 Å². The van der Waals surface area contributed by atoms with E-state index in [1.165, 1.54) is 18.7 Å². The average Bonchev–Trinajstić information content (AvgIpc) is 2.82. The number of benzene rings is 1. The molecule has 2 N–H and O–H groups in total. The maximum Gasteiger partial charge on any atom is 0.339 e. The lowest BCUT2D eigenvalue weighted by Crippen LogP contribution is -2.52. The molecule has 0 unspecified atom stereocenters. The van der Waals surface area contributed by atoms with Gasteiger partial charge in [-0.3, -0.25) is 14.6 Å². The van der Waals surface area contributed by atoms with Gasteiger partial charge in [-0.05, 0) is 36.6 Å². The van der Waals surface area contributed by atoms with Gasteiger partial charge in [0.25, 0.3) is 0 Å². The van der Waals surface area contributed by atoms with Gasteiger partial charge in [-0.1, -0.05) is 49.6 Å². The normalized spacial score (nSPS) is 15.2. The van der Waals surface area contributed by atoms with Gasteiger partial charge >= 0.3 is 5.97 Å². The third-order valence-corrected chi connectivity index (χ3v) is 5.09. The van der Waals surface area contributed by atoms with E-state index >= 15 is 0 Å². The van der Waals surface area contributed by atoms with Crippen LogP contribution in [0.15, 0.2) is 60.9 Å². The van der Waals surface area contributed by atoms with Gasteiger partial charge in [-0.25, -0.2) is 4.79 Å². The Kier molecular flexibility index (Phi) is 8.34. The Labute approximate surface area is 181 Å². The molecule has 2 amide bonds. The van der Waals surface area contributed by atoms with Crippen molar-refractivity contribution < 1.29 is 19.1 Å². The van der Waals surface area contributed by atoms with Gasteiger partial charge in [-0.2, -0.15) is 0 Å². The number of nitrogens with zero attached hydrogens (tertiary/aromatic N) is 1. The molecule has 1 aromatic heterocycles. The maximum absolute atomic E-state index is 12.8. The number of esters is 1. The first-order valence-electron chi connectivity index (χ1n) is 10.5. The third-order valence-electron chi connectivity index (χ3n) is 5.09. The van der Waals surface area contributed by atoms with Gasteiger partial charge in [0, 0.05) is 24.5 Å². The number of ether oxygens (including phenoxy) is 1. The predicted octanol–water partition coefficient (Wildman–Crippen LogP) is 2.89. The highest BCUT2D eigenvalue weighted by atomic mass is 16.5. The molecular formula is C24H27N3O4. The molecule has 1 fully saturated rings. The quantitative estimate of drug-likeness (QED) is 0.505. The van der Waals surface area contributed by atoms with Gasteiger partial charge in [-0.15, -0.1) is 0 Å². The monoisotopic (exact) mass is 421 g/mol. The molecule has 1 atom stereocenters. The van der Waals surface area contributed by atoms with E-state index in [4.69, 9.17) is 4.74 Å². The second-order valence-electron chi connectivity index (χ2n) is 7.49. The van der Waals surface area contributed by atoms with Gasteiger partial charge in [0.2, 0.25) is 11.8 Å². The van der Waals surface area contributed by atoms with E-state index in [9.17, 15) is 14.4 Å². The molecule has 1 saturated carbocycles. The second kappa shape index (κ2) is 11.6. The van der Waals surface area contributed by atoms with Crippen LogP contribution in [0.3, 0.4) is 0 Å². The Hall–Kier alpha value is -3.48. The van der Waals surface area contributed by atoms with Gasteiger partial charge in [0.15, 0.2) is 0 Å². The zero-order chi connectivity index (χ0) is 21.9. The van der Waals surface area contributed by atoms with Crippen LogP contribution in [-0.2, 0) is 14.3 Å². The number of carbonyl (C=O) groups is 3. The summed E-state index contributed by atoms with van der Waals surface area (Å²) in [5, 5.41) is 5.63. The van der Waals surface area contributed by atoms with Crippen LogP contribution >= 0.6 is 0 Å². The zero-order valence-electron chi connectivity index (χ0n) is 17.3. The van der Waals surface area contributed by atoms with E-state index in [1.54, 1.807) is 24.4 Å². The SMILES string of the molecule is O=C(/C=C/c1ccccc1)N[C@@H](COC(=O)c1cccnc1)C(=O)NC1CCCCC1. The molecule has 0 bridgehead atoms. The highest BCUT2D eigenvalue weighted by molar-refractivity contribution is 5.96. The van der Waals surface area contributed by atoms with E-state index in [0.29, 0.717) is 0 Å². The van der Waals surface area contributed by atoms with E-state index in [1.807, 2.05) is 30.3 Å². The number of hydrogen-bond acceptors (Lipinski definition) is 5. The van der Waals surface area contributed by atoms with Crippen molar-refractivity contribution in [3.8, 4) is 0 Å². The maximum atomic E-state index is 12.8. The van der Waals surface area contributed by atoms with Crippen molar-refractivity contribution in [3.63, 3.8) is 0 Å². The number of aromatic nitrogens is 1.